The fourth-order valence-corrected chi connectivity index (χ4v) is 2.46. The predicted molar refractivity (Wildman–Crippen MR) is 87.1 cm³/mol. The van der Waals surface area contributed by atoms with Crippen LogP contribution in [0, 0.1) is 0 Å². The van der Waals surface area contributed by atoms with Gasteiger partial charge in [-0.3, -0.25) is 4.79 Å². The quantitative estimate of drug-likeness (QED) is 0.727. The average Bonchev–Trinajstić information content (AvgIpc) is 2.92. The first-order valence-corrected chi connectivity index (χ1v) is 7.22. The Morgan fingerprint density at radius 2 is 2.00 bits per heavy atom. The molecule has 0 aliphatic heterocycles. The first-order valence-electron chi connectivity index (χ1n) is 6.85. The number of carbonyl (C=O) groups is 1. The van der Waals surface area contributed by atoms with E-state index in [0.717, 1.165) is 17.3 Å². The van der Waals surface area contributed by atoms with E-state index in [4.69, 9.17) is 11.6 Å². The molecule has 2 N–H and O–H groups in total. The fraction of sp³-hybridized carbons (Fsp3) is 0.118. The van der Waals surface area contributed by atoms with Crippen LogP contribution < -0.4 is 5.32 Å². The van der Waals surface area contributed by atoms with Gasteiger partial charge < -0.3 is 10.3 Å². The fourth-order valence-electron chi connectivity index (χ4n) is 2.28. The van der Waals surface area contributed by atoms with Crippen LogP contribution in [-0.2, 0) is 6.42 Å². The summed E-state index contributed by atoms with van der Waals surface area (Å²) < 4.78 is 0. The molecule has 3 aromatic rings. The Kier molecular flexibility index (Phi) is 3.67. The van der Waals surface area contributed by atoms with Crippen molar-refractivity contribution in [2.45, 2.75) is 13.3 Å². The third-order valence-corrected chi connectivity index (χ3v) is 3.79. The Bertz CT molecular complexity index is 807. The van der Waals surface area contributed by atoms with Crippen molar-refractivity contribution < 1.29 is 4.79 Å². The molecule has 0 saturated carbocycles. The maximum atomic E-state index is 12.3. The Morgan fingerprint density at radius 1 is 1.19 bits per heavy atom. The molecule has 0 unspecified atom stereocenters. The van der Waals surface area contributed by atoms with Crippen LogP contribution >= 0.6 is 11.6 Å². The highest BCUT2D eigenvalue weighted by molar-refractivity contribution is 6.33. The zero-order valence-corrected chi connectivity index (χ0v) is 12.4. The first-order chi connectivity index (χ1) is 10.2. The van der Waals surface area contributed by atoms with Crippen molar-refractivity contribution in [3.05, 3.63) is 64.8 Å². The second-order valence-corrected chi connectivity index (χ2v) is 5.30. The number of benzene rings is 2. The van der Waals surface area contributed by atoms with Crippen molar-refractivity contribution in [3.63, 3.8) is 0 Å². The zero-order chi connectivity index (χ0) is 14.8. The molecule has 0 radical (unpaired) electrons. The lowest BCUT2D eigenvalue weighted by molar-refractivity contribution is 0.102. The molecule has 0 saturated heterocycles. The van der Waals surface area contributed by atoms with Crippen LogP contribution in [0.3, 0.4) is 0 Å². The molecule has 1 aromatic heterocycles. The van der Waals surface area contributed by atoms with E-state index in [9.17, 15) is 4.79 Å². The highest BCUT2D eigenvalue weighted by Gasteiger charge is 2.11. The van der Waals surface area contributed by atoms with E-state index in [1.165, 1.54) is 5.56 Å². The highest BCUT2D eigenvalue weighted by Crippen LogP contribution is 2.22. The number of para-hydroxylation sites is 1. The number of aryl methyl sites for hydroxylation is 1. The average molecular weight is 299 g/mol. The standard InChI is InChI=1S/C17H15ClN2O/c1-2-11-7-8-14-12(9-11)10-16(19-14)17(21)20-15-6-4-3-5-13(15)18/h3-10,19H,2H2,1H3,(H,20,21). The molecule has 106 valence electrons. The number of aromatic nitrogens is 1. The number of H-pyrrole nitrogens is 1. The molecule has 1 amide bonds. The van der Waals surface area contributed by atoms with E-state index >= 15 is 0 Å². The smallest absolute Gasteiger partial charge is 0.272 e. The minimum atomic E-state index is -0.197. The number of halogens is 1. The van der Waals surface area contributed by atoms with Gasteiger partial charge in [0.25, 0.3) is 5.91 Å². The molecule has 1 heterocycles. The number of carbonyl (C=O) groups excluding carboxylic acids is 1. The van der Waals surface area contributed by atoms with E-state index in [1.54, 1.807) is 12.1 Å². The van der Waals surface area contributed by atoms with Gasteiger partial charge in [0, 0.05) is 10.9 Å². The van der Waals surface area contributed by atoms with E-state index in [1.807, 2.05) is 24.3 Å². The van der Waals surface area contributed by atoms with E-state index in [2.05, 4.69) is 29.4 Å². The van der Waals surface area contributed by atoms with E-state index < -0.39 is 0 Å². The van der Waals surface area contributed by atoms with Crippen LogP contribution in [-0.4, -0.2) is 10.9 Å². The molecule has 2 aromatic carbocycles. The van der Waals surface area contributed by atoms with Gasteiger partial charge in [-0.1, -0.05) is 36.7 Å². The molecule has 0 fully saturated rings. The molecular formula is C17H15ClN2O. The number of anilines is 1. The minimum Gasteiger partial charge on any atom is -0.351 e. The maximum Gasteiger partial charge on any atom is 0.272 e. The minimum absolute atomic E-state index is 0.197. The van der Waals surface area contributed by atoms with Crippen molar-refractivity contribution in [2.24, 2.45) is 0 Å². The van der Waals surface area contributed by atoms with Gasteiger partial charge >= 0.3 is 0 Å². The van der Waals surface area contributed by atoms with Crippen molar-refractivity contribution >= 4 is 34.1 Å². The molecule has 0 bridgehead atoms. The normalized spacial score (nSPS) is 10.8. The summed E-state index contributed by atoms with van der Waals surface area (Å²) in [6, 6.07) is 15.2. The lowest BCUT2D eigenvalue weighted by Crippen LogP contribution is -2.12. The summed E-state index contributed by atoms with van der Waals surface area (Å²) >= 11 is 6.05. The largest absolute Gasteiger partial charge is 0.351 e. The Balaban J connectivity index is 1.89. The zero-order valence-electron chi connectivity index (χ0n) is 11.6. The molecule has 0 aliphatic rings. The van der Waals surface area contributed by atoms with Crippen molar-refractivity contribution in [1.82, 2.24) is 4.98 Å². The van der Waals surface area contributed by atoms with Crippen LogP contribution in [0.1, 0.15) is 23.0 Å². The van der Waals surface area contributed by atoms with Gasteiger partial charge in [0.1, 0.15) is 5.69 Å². The summed E-state index contributed by atoms with van der Waals surface area (Å²) in [5.41, 5.74) is 3.34. The SMILES string of the molecule is CCc1ccc2[nH]c(C(=O)Nc3ccccc3Cl)cc2c1. The molecule has 0 spiro atoms. The van der Waals surface area contributed by atoms with Crippen LogP contribution in [0.5, 0.6) is 0 Å². The summed E-state index contributed by atoms with van der Waals surface area (Å²) in [5, 5.41) is 4.38. The number of hydrogen-bond donors (Lipinski definition) is 2. The lowest BCUT2D eigenvalue weighted by Gasteiger charge is -2.05. The van der Waals surface area contributed by atoms with Gasteiger partial charge in [-0.15, -0.1) is 0 Å². The van der Waals surface area contributed by atoms with E-state index in [0.29, 0.717) is 16.4 Å². The summed E-state index contributed by atoms with van der Waals surface area (Å²) in [7, 11) is 0. The summed E-state index contributed by atoms with van der Waals surface area (Å²) in [5.74, 6) is -0.197. The lowest BCUT2D eigenvalue weighted by atomic mass is 10.1. The molecule has 0 aliphatic carbocycles. The van der Waals surface area contributed by atoms with Crippen molar-refractivity contribution in [1.29, 1.82) is 0 Å². The molecule has 3 rings (SSSR count). The van der Waals surface area contributed by atoms with Gasteiger partial charge in [-0.2, -0.15) is 0 Å². The summed E-state index contributed by atoms with van der Waals surface area (Å²) in [6.45, 7) is 2.11. The molecule has 0 atom stereocenters. The third-order valence-electron chi connectivity index (χ3n) is 3.46. The highest BCUT2D eigenvalue weighted by atomic mass is 35.5. The maximum absolute atomic E-state index is 12.3. The number of hydrogen-bond acceptors (Lipinski definition) is 1. The molecule has 3 nitrogen and oxygen atoms in total. The number of nitrogens with one attached hydrogen (secondary N) is 2. The number of amides is 1. The van der Waals surface area contributed by atoms with Gasteiger partial charge in [-0.25, -0.2) is 0 Å². The van der Waals surface area contributed by atoms with Crippen LogP contribution in [0.15, 0.2) is 48.5 Å². The summed E-state index contributed by atoms with van der Waals surface area (Å²) in [4.78, 5) is 15.4. The van der Waals surface area contributed by atoms with Crippen LogP contribution in [0.4, 0.5) is 5.69 Å². The van der Waals surface area contributed by atoms with Crippen molar-refractivity contribution in [3.8, 4) is 0 Å². The molecule has 4 heteroatoms. The molecule has 21 heavy (non-hydrogen) atoms. The third kappa shape index (κ3) is 2.78. The number of fused-ring (bicyclic) bond motifs is 1. The predicted octanol–water partition coefficient (Wildman–Crippen LogP) is 4.64. The monoisotopic (exact) mass is 298 g/mol. The second-order valence-electron chi connectivity index (χ2n) is 4.89. The van der Waals surface area contributed by atoms with Crippen LogP contribution in [0.2, 0.25) is 5.02 Å². The summed E-state index contributed by atoms with van der Waals surface area (Å²) in [6.07, 6.45) is 0.974. The van der Waals surface area contributed by atoms with Gasteiger partial charge in [0.05, 0.1) is 10.7 Å². The van der Waals surface area contributed by atoms with Gasteiger partial charge in [0.2, 0.25) is 0 Å². The Hall–Kier alpha value is -2.26. The first kappa shape index (κ1) is 13.7. The van der Waals surface area contributed by atoms with E-state index in [-0.39, 0.29) is 5.91 Å². The van der Waals surface area contributed by atoms with Crippen LogP contribution in [0.25, 0.3) is 10.9 Å². The topological polar surface area (TPSA) is 44.9 Å². The molecular weight excluding hydrogens is 284 g/mol. The number of rotatable bonds is 3. The number of aromatic amines is 1. The Morgan fingerprint density at radius 3 is 2.76 bits per heavy atom. The second kappa shape index (κ2) is 5.62. The van der Waals surface area contributed by atoms with Gasteiger partial charge in [0.15, 0.2) is 0 Å². The van der Waals surface area contributed by atoms with Crippen molar-refractivity contribution in [2.75, 3.05) is 5.32 Å². The van der Waals surface area contributed by atoms with Gasteiger partial charge in [-0.05, 0) is 42.3 Å². The Labute approximate surface area is 127 Å².